The summed E-state index contributed by atoms with van der Waals surface area (Å²) in [5.74, 6) is -0.601. The Morgan fingerprint density at radius 1 is 1.03 bits per heavy atom. The van der Waals surface area contributed by atoms with Crippen LogP contribution in [0.3, 0.4) is 0 Å². The quantitative estimate of drug-likeness (QED) is 0.449. The minimum atomic E-state index is -4.93. The minimum Gasteiger partial charge on any atom is -0.494 e. The Balaban J connectivity index is 2.01. The monoisotopic (exact) mass is 449 g/mol. The highest BCUT2D eigenvalue weighted by molar-refractivity contribution is 5.79. The summed E-state index contributed by atoms with van der Waals surface area (Å²) in [7, 11) is 2.30. The van der Waals surface area contributed by atoms with Gasteiger partial charge in [0.2, 0.25) is 0 Å². The topological polar surface area (TPSA) is 83.9 Å². The van der Waals surface area contributed by atoms with Crippen molar-refractivity contribution < 1.29 is 22.3 Å². The summed E-state index contributed by atoms with van der Waals surface area (Å²) in [6.45, 7) is 1.83. The molecule has 2 heterocycles. The molecule has 0 unspecified atom stereocenters. The Bertz CT molecular complexity index is 1480. The van der Waals surface area contributed by atoms with Gasteiger partial charge in [0.05, 0.1) is 18.3 Å². The summed E-state index contributed by atoms with van der Waals surface area (Å²) in [5.41, 5.74) is -3.03. The largest absolute Gasteiger partial charge is 0.494 e. The van der Waals surface area contributed by atoms with E-state index in [2.05, 4.69) is 10.3 Å². The number of aryl methyl sites for hydroxylation is 1. The van der Waals surface area contributed by atoms with Crippen molar-refractivity contribution in [3.05, 3.63) is 74.3 Å². The highest BCUT2D eigenvalue weighted by Gasteiger charge is 2.35. The summed E-state index contributed by atoms with van der Waals surface area (Å²) in [5, 5.41) is 7.90. The minimum absolute atomic E-state index is 0.103. The molecule has 0 spiro atoms. The van der Waals surface area contributed by atoms with Gasteiger partial charge < -0.3 is 4.74 Å². The van der Waals surface area contributed by atoms with E-state index in [1.807, 2.05) is 6.92 Å². The summed E-state index contributed by atoms with van der Waals surface area (Å²) in [4.78, 5) is 25.0. The molecule has 4 rings (SSSR count). The van der Waals surface area contributed by atoms with E-state index in [9.17, 15) is 27.2 Å². The van der Waals surface area contributed by atoms with Crippen LogP contribution in [-0.4, -0.2) is 31.2 Å². The average Bonchev–Trinajstić information content (AvgIpc) is 3.12. The first kappa shape index (κ1) is 21.3. The van der Waals surface area contributed by atoms with Crippen molar-refractivity contribution >= 4 is 11.0 Å². The molecule has 0 fully saturated rings. The number of hydrogen-bond acceptors (Lipinski definition) is 5. The second kappa shape index (κ2) is 7.32. The molecule has 166 valence electrons. The molecule has 0 saturated carbocycles. The van der Waals surface area contributed by atoms with Crippen LogP contribution in [0.15, 0.2) is 46.0 Å². The van der Waals surface area contributed by atoms with Crippen LogP contribution in [0.25, 0.3) is 22.4 Å². The van der Waals surface area contributed by atoms with Crippen LogP contribution < -0.4 is 16.0 Å². The number of halogens is 4. The average molecular weight is 449 g/mol. The summed E-state index contributed by atoms with van der Waals surface area (Å²) >= 11 is 0. The van der Waals surface area contributed by atoms with Gasteiger partial charge in [0.25, 0.3) is 5.56 Å². The van der Waals surface area contributed by atoms with Crippen molar-refractivity contribution in [1.29, 1.82) is 0 Å². The number of rotatable bonds is 3. The lowest BCUT2D eigenvalue weighted by atomic mass is 10.2. The van der Waals surface area contributed by atoms with Crippen LogP contribution in [0.2, 0.25) is 0 Å². The van der Waals surface area contributed by atoms with Gasteiger partial charge in [-0.3, -0.25) is 9.36 Å². The van der Waals surface area contributed by atoms with E-state index in [1.165, 1.54) is 11.8 Å². The molecule has 2 aromatic carbocycles. The van der Waals surface area contributed by atoms with Gasteiger partial charge in [-0.2, -0.15) is 13.2 Å². The van der Waals surface area contributed by atoms with Crippen molar-refractivity contribution in [3.8, 4) is 17.1 Å². The fraction of sp³-hybridized carbons (Fsp3) is 0.200. The molecule has 12 heteroatoms. The molecule has 0 N–H and O–H groups in total. The summed E-state index contributed by atoms with van der Waals surface area (Å²) in [6.07, 6.45) is -4.93. The molecule has 0 bridgehead atoms. The maximum Gasteiger partial charge on any atom is 0.431 e. The first-order valence-corrected chi connectivity index (χ1v) is 9.13. The number of fused-ring (bicyclic) bond motifs is 1. The standard InChI is InChI=1S/C20H15F4N5O3/c1-10-4-5-16(32-3)15(6-10)29-14-8-13(11(21)7-12(14)25-26-29)28-18(30)9-17(20(22,23)24)27(2)19(28)31/h4-9H,1-3H3. The zero-order valence-electron chi connectivity index (χ0n) is 16.9. The first-order valence-electron chi connectivity index (χ1n) is 9.13. The second-order valence-corrected chi connectivity index (χ2v) is 7.01. The SMILES string of the molecule is COc1ccc(C)cc1-n1nnc2cc(F)c(-n3c(=O)cc(C(F)(F)F)n(C)c3=O)cc21. The number of alkyl halides is 3. The summed E-state index contributed by atoms with van der Waals surface area (Å²) in [6, 6.07) is 7.54. The van der Waals surface area contributed by atoms with E-state index in [0.717, 1.165) is 24.7 Å². The third kappa shape index (κ3) is 3.33. The molecule has 0 aliphatic rings. The molecule has 0 saturated heterocycles. The van der Waals surface area contributed by atoms with E-state index in [-0.39, 0.29) is 21.7 Å². The molecule has 0 aliphatic carbocycles. The van der Waals surface area contributed by atoms with Crippen LogP contribution in [0.4, 0.5) is 17.6 Å². The van der Waals surface area contributed by atoms with Crippen molar-refractivity contribution in [3.63, 3.8) is 0 Å². The number of hydrogen-bond donors (Lipinski definition) is 0. The first-order chi connectivity index (χ1) is 15.0. The highest BCUT2D eigenvalue weighted by atomic mass is 19.4. The zero-order chi connectivity index (χ0) is 23.4. The van der Waals surface area contributed by atoms with Crippen molar-refractivity contribution in [2.24, 2.45) is 7.05 Å². The maximum atomic E-state index is 14.8. The third-order valence-electron chi connectivity index (χ3n) is 4.93. The smallest absolute Gasteiger partial charge is 0.431 e. The predicted octanol–water partition coefficient (Wildman–Crippen LogP) is 2.75. The van der Waals surface area contributed by atoms with Gasteiger partial charge in [-0.1, -0.05) is 11.3 Å². The van der Waals surface area contributed by atoms with Gasteiger partial charge in [0, 0.05) is 19.2 Å². The maximum absolute atomic E-state index is 14.8. The lowest BCUT2D eigenvalue weighted by Gasteiger charge is -2.14. The molecule has 0 aliphatic heterocycles. The molecule has 4 aromatic rings. The number of benzene rings is 2. The Labute approximate surface area is 176 Å². The molecule has 0 atom stereocenters. The van der Waals surface area contributed by atoms with Gasteiger partial charge in [-0.05, 0) is 30.7 Å². The van der Waals surface area contributed by atoms with Gasteiger partial charge in [-0.15, -0.1) is 5.10 Å². The van der Waals surface area contributed by atoms with E-state index < -0.39 is 34.6 Å². The molecule has 0 radical (unpaired) electrons. The number of nitrogens with zero attached hydrogens (tertiary/aromatic N) is 5. The molecule has 32 heavy (non-hydrogen) atoms. The van der Waals surface area contributed by atoms with Crippen LogP contribution in [-0.2, 0) is 13.2 Å². The van der Waals surface area contributed by atoms with Gasteiger partial charge >= 0.3 is 11.9 Å². The lowest BCUT2D eigenvalue weighted by Crippen LogP contribution is -2.41. The fourth-order valence-corrected chi connectivity index (χ4v) is 3.37. The Morgan fingerprint density at radius 2 is 1.75 bits per heavy atom. The van der Waals surface area contributed by atoms with Crippen molar-refractivity contribution in [2.75, 3.05) is 7.11 Å². The normalized spacial score (nSPS) is 11.8. The van der Waals surface area contributed by atoms with Crippen LogP contribution >= 0.6 is 0 Å². The number of ether oxygens (including phenoxy) is 1. The zero-order valence-corrected chi connectivity index (χ0v) is 16.9. The molecule has 0 amide bonds. The van der Waals surface area contributed by atoms with Gasteiger partial charge in [0.1, 0.15) is 28.5 Å². The molecular formula is C20H15F4N5O3. The highest BCUT2D eigenvalue weighted by Crippen LogP contribution is 2.29. The third-order valence-corrected chi connectivity index (χ3v) is 4.93. The van der Waals surface area contributed by atoms with E-state index in [1.54, 1.807) is 18.2 Å². The van der Waals surface area contributed by atoms with E-state index >= 15 is 0 Å². The van der Waals surface area contributed by atoms with Crippen molar-refractivity contribution in [2.45, 2.75) is 13.1 Å². The predicted molar refractivity (Wildman–Crippen MR) is 106 cm³/mol. The van der Waals surface area contributed by atoms with Gasteiger partial charge in [0.15, 0.2) is 0 Å². The van der Waals surface area contributed by atoms with E-state index in [4.69, 9.17) is 4.74 Å². The lowest BCUT2D eigenvalue weighted by molar-refractivity contribution is -0.144. The fourth-order valence-electron chi connectivity index (χ4n) is 3.37. The number of aromatic nitrogens is 5. The van der Waals surface area contributed by atoms with Crippen LogP contribution in [0.5, 0.6) is 5.75 Å². The Morgan fingerprint density at radius 3 is 2.41 bits per heavy atom. The Kier molecular flexibility index (Phi) is 4.87. The van der Waals surface area contributed by atoms with Crippen molar-refractivity contribution in [1.82, 2.24) is 24.1 Å². The Hall–Kier alpha value is -3.96. The van der Waals surface area contributed by atoms with Gasteiger partial charge in [-0.25, -0.2) is 18.4 Å². The summed E-state index contributed by atoms with van der Waals surface area (Å²) < 4.78 is 61.4. The molecular weight excluding hydrogens is 434 g/mol. The number of methoxy groups -OCH3 is 1. The van der Waals surface area contributed by atoms with Crippen LogP contribution in [0.1, 0.15) is 11.3 Å². The molecule has 8 nitrogen and oxygen atoms in total. The molecule has 2 aromatic heterocycles. The van der Waals surface area contributed by atoms with E-state index in [0.29, 0.717) is 16.0 Å². The second-order valence-electron chi connectivity index (χ2n) is 7.01. The van der Waals surface area contributed by atoms with Crippen LogP contribution in [0, 0.1) is 12.7 Å².